The predicted molar refractivity (Wildman–Crippen MR) is 181 cm³/mol. The van der Waals surface area contributed by atoms with Crippen LogP contribution in [0.25, 0.3) is 17.3 Å². The topological polar surface area (TPSA) is 109 Å². The second-order valence-corrected chi connectivity index (χ2v) is 12.0. The number of amides is 3. The molecule has 1 aromatic heterocycles. The van der Waals surface area contributed by atoms with Crippen molar-refractivity contribution in [2.45, 2.75) is 17.1 Å². The zero-order valence-electron chi connectivity index (χ0n) is 24.5. The number of hydrogen-bond donors (Lipinski definition) is 3. The predicted octanol–water partition coefficient (Wildman–Crippen LogP) is 7.35. The van der Waals surface area contributed by atoms with Crippen molar-refractivity contribution < 1.29 is 19.1 Å². The van der Waals surface area contributed by atoms with Gasteiger partial charge in [0.1, 0.15) is 11.4 Å². The van der Waals surface area contributed by atoms with Gasteiger partial charge in [0, 0.05) is 32.7 Å². The summed E-state index contributed by atoms with van der Waals surface area (Å²) in [4.78, 5) is 44.8. The van der Waals surface area contributed by atoms with E-state index in [0.717, 1.165) is 16.2 Å². The minimum absolute atomic E-state index is 0.0393. The molecule has 4 aromatic carbocycles. The molecule has 0 fully saturated rings. The van der Waals surface area contributed by atoms with Crippen LogP contribution in [0.15, 0.2) is 125 Å². The van der Waals surface area contributed by atoms with Gasteiger partial charge in [-0.1, -0.05) is 72.8 Å². The molecule has 0 saturated carbocycles. The summed E-state index contributed by atoms with van der Waals surface area (Å²) in [7, 11) is 1.54. The summed E-state index contributed by atoms with van der Waals surface area (Å²) in [6, 6.07) is 32.8. The average Bonchev–Trinajstić information content (AvgIpc) is 3.54. The number of nitrogens with zero attached hydrogens (tertiary/aromatic N) is 1. The lowest BCUT2D eigenvalue weighted by molar-refractivity contribution is -0.115. The number of thiazole rings is 1. The molecule has 0 saturated heterocycles. The Morgan fingerprint density at radius 3 is 2.33 bits per heavy atom. The van der Waals surface area contributed by atoms with Crippen molar-refractivity contribution in [2.24, 2.45) is 0 Å². The minimum atomic E-state index is -0.517. The van der Waals surface area contributed by atoms with Crippen LogP contribution in [0.4, 0.5) is 10.8 Å². The van der Waals surface area contributed by atoms with Crippen LogP contribution in [0.3, 0.4) is 0 Å². The van der Waals surface area contributed by atoms with E-state index in [2.05, 4.69) is 20.9 Å². The highest BCUT2D eigenvalue weighted by atomic mass is 32.2. The SMILES string of the molecule is COc1ccccc1/C=C(/NC(=O)c1ccccc1)C(=O)Nc1cccc(SC(C)C(=O)Nc2nc(-c3ccccc3)cs2)c1. The van der Waals surface area contributed by atoms with E-state index in [1.54, 1.807) is 60.7 Å². The van der Waals surface area contributed by atoms with Gasteiger partial charge in [0.15, 0.2) is 5.13 Å². The number of carbonyl (C=O) groups is 3. The van der Waals surface area contributed by atoms with Crippen molar-refractivity contribution in [1.29, 1.82) is 0 Å². The standard InChI is InChI=1S/C35H30N4O4S2/c1-23(32(40)39-35-38-30(22-44-35)24-12-5-3-6-13-24)45-28-18-11-17-27(21-28)36-34(42)29(20-26-16-9-10-19-31(26)43-2)37-33(41)25-14-7-4-8-15-25/h3-23H,1-2H3,(H,36,42)(H,37,41)(H,38,39,40)/b29-20+. The highest BCUT2D eigenvalue weighted by Crippen LogP contribution is 2.29. The molecule has 8 nitrogen and oxygen atoms in total. The second kappa shape index (κ2) is 15.0. The maximum Gasteiger partial charge on any atom is 0.272 e. The Hall–Kier alpha value is -5.19. The first-order chi connectivity index (χ1) is 21.9. The first-order valence-corrected chi connectivity index (χ1v) is 15.8. The van der Waals surface area contributed by atoms with Crippen LogP contribution >= 0.6 is 23.1 Å². The quantitative estimate of drug-likeness (QED) is 0.104. The number of para-hydroxylation sites is 1. The molecule has 226 valence electrons. The third-order valence-electron chi connectivity index (χ3n) is 6.55. The lowest BCUT2D eigenvalue weighted by Gasteiger charge is -2.14. The van der Waals surface area contributed by atoms with Gasteiger partial charge in [-0.15, -0.1) is 23.1 Å². The molecule has 5 rings (SSSR count). The fourth-order valence-electron chi connectivity index (χ4n) is 4.27. The molecule has 1 unspecified atom stereocenters. The van der Waals surface area contributed by atoms with Gasteiger partial charge in [-0.2, -0.15) is 0 Å². The molecule has 3 N–H and O–H groups in total. The number of hydrogen-bond acceptors (Lipinski definition) is 7. The van der Waals surface area contributed by atoms with Crippen LogP contribution in [0.2, 0.25) is 0 Å². The van der Waals surface area contributed by atoms with Gasteiger partial charge in [0.25, 0.3) is 11.8 Å². The summed E-state index contributed by atoms with van der Waals surface area (Å²) < 4.78 is 5.44. The molecule has 3 amide bonds. The van der Waals surface area contributed by atoms with E-state index in [4.69, 9.17) is 4.74 Å². The normalized spacial score (nSPS) is 11.7. The molecule has 5 aromatic rings. The molecular weight excluding hydrogens is 605 g/mol. The van der Waals surface area contributed by atoms with E-state index in [1.807, 2.05) is 66.9 Å². The summed E-state index contributed by atoms with van der Waals surface area (Å²) in [5, 5.41) is 10.5. The summed E-state index contributed by atoms with van der Waals surface area (Å²) in [5.41, 5.74) is 3.37. The molecule has 0 spiro atoms. The highest BCUT2D eigenvalue weighted by molar-refractivity contribution is 8.00. The van der Waals surface area contributed by atoms with E-state index in [9.17, 15) is 14.4 Å². The van der Waals surface area contributed by atoms with E-state index in [-0.39, 0.29) is 11.6 Å². The van der Waals surface area contributed by atoms with Crippen molar-refractivity contribution >= 4 is 57.7 Å². The molecule has 0 aliphatic carbocycles. The van der Waals surface area contributed by atoms with Crippen LogP contribution < -0.4 is 20.7 Å². The van der Waals surface area contributed by atoms with Crippen LogP contribution in [-0.4, -0.2) is 35.1 Å². The van der Waals surface area contributed by atoms with Gasteiger partial charge < -0.3 is 20.7 Å². The Morgan fingerprint density at radius 2 is 1.58 bits per heavy atom. The Balaban J connectivity index is 1.27. The van der Waals surface area contributed by atoms with Gasteiger partial charge in [-0.25, -0.2) is 4.98 Å². The Labute approximate surface area is 269 Å². The monoisotopic (exact) mass is 634 g/mol. The van der Waals surface area contributed by atoms with E-state index < -0.39 is 17.1 Å². The number of benzene rings is 4. The molecule has 45 heavy (non-hydrogen) atoms. The Kier molecular flexibility index (Phi) is 10.4. The van der Waals surface area contributed by atoms with Gasteiger partial charge in [-0.05, 0) is 49.4 Å². The lowest BCUT2D eigenvalue weighted by atomic mass is 10.1. The Morgan fingerprint density at radius 1 is 0.867 bits per heavy atom. The smallest absolute Gasteiger partial charge is 0.272 e. The fraction of sp³-hybridized carbons (Fsp3) is 0.0857. The molecule has 0 aliphatic heterocycles. The van der Waals surface area contributed by atoms with Crippen LogP contribution in [0.5, 0.6) is 5.75 Å². The fourth-order valence-corrected chi connectivity index (χ4v) is 5.92. The molecule has 1 heterocycles. The van der Waals surface area contributed by atoms with E-state index in [1.165, 1.54) is 30.2 Å². The number of nitrogens with one attached hydrogen (secondary N) is 3. The summed E-state index contributed by atoms with van der Waals surface area (Å²) in [6.07, 6.45) is 1.57. The van der Waals surface area contributed by atoms with Crippen molar-refractivity contribution in [1.82, 2.24) is 10.3 Å². The number of aromatic nitrogens is 1. The largest absolute Gasteiger partial charge is 0.496 e. The van der Waals surface area contributed by atoms with Crippen molar-refractivity contribution in [2.75, 3.05) is 17.7 Å². The molecule has 10 heteroatoms. The number of thioether (sulfide) groups is 1. The number of rotatable bonds is 11. The number of methoxy groups -OCH3 is 1. The number of ether oxygens (including phenoxy) is 1. The molecular formula is C35H30N4O4S2. The highest BCUT2D eigenvalue weighted by Gasteiger charge is 2.19. The van der Waals surface area contributed by atoms with E-state index >= 15 is 0 Å². The summed E-state index contributed by atoms with van der Waals surface area (Å²) in [6.45, 7) is 1.81. The third kappa shape index (κ3) is 8.47. The van der Waals surface area contributed by atoms with Crippen LogP contribution in [0.1, 0.15) is 22.8 Å². The zero-order chi connectivity index (χ0) is 31.6. The van der Waals surface area contributed by atoms with Crippen molar-refractivity contribution in [3.8, 4) is 17.0 Å². The Bertz CT molecular complexity index is 1820. The maximum atomic E-state index is 13.5. The number of carbonyl (C=O) groups excluding carboxylic acids is 3. The summed E-state index contributed by atoms with van der Waals surface area (Å²) in [5.74, 6) is -0.575. The first kappa shape index (κ1) is 31.2. The first-order valence-electron chi connectivity index (χ1n) is 14.0. The van der Waals surface area contributed by atoms with Crippen LogP contribution in [0, 0.1) is 0 Å². The second-order valence-electron chi connectivity index (χ2n) is 9.76. The van der Waals surface area contributed by atoms with Crippen molar-refractivity contribution in [3.63, 3.8) is 0 Å². The van der Waals surface area contributed by atoms with Crippen LogP contribution in [-0.2, 0) is 9.59 Å². The van der Waals surface area contributed by atoms with Gasteiger partial charge in [-0.3, -0.25) is 14.4 Å². The minimum Gasteiger partial charge on any atom is -0.496 e. The third-order valence-corrected chi connectivity index (χ3v) is 8.40. The molecule has 0 aliphatic rings. The summed E-state index contributed by atoms with van der Waals surface area (Å²) >= 11 is 2.72. The van der Waals surface area contributed by atoms with Gasteiger partial charge in [0.2, 0.25) is 5.91 Å². The molecule has 1 atom stereocenters. The maximum absolute atomic E-state index is 13.5. The lowest BCUT2D eigenvalue weighted by Crippen LogP contribution is -2.30. The average molecular weight is 635 g/mol. The van der Waals surface area contributed by atoms with E-state index in [0.29, 0.717) is 27.7 Å². The zero-order valence-corrected chi connectivity index (χ0v) is 26.2. The number of anilines is 2. The van der Waals surface area contributed by atoms with Gasteiger partial charge >= 0.3 is 0 Å². The molecule has 0 radical (unpaired) electrons. The van der Waals surface area contributed by atoms with Gasteiger partial charge in [0.05, 0.1) is 18.1 Å². The van der Waals surface area contributed by atoms with Crippen molar-refractivity contribution in [3.05, 3.63) is 131 Å². The molecule has 0 bridgehead atoms.